The molecule has 39 heavy (non-hydrogen) atoms. The number of amides is 2. The molecule has 1 atom stereocenters. The van der Waals surface area contributed by atoms with Crippen LogP contribution in [0.1, 0.15) is 62.2 Å². The molecule has 2 aliphatic heterocycles. The molecular weight excluding hydrogens is 503 g/mol. The lowest BCUT2D eigenvalue weighted by atomic mass is 9.95. The molecule has 2 aliphatic rings. The Morgan fingerprint density at radius 3 is 2.72 bits per heavy atom. The maximum atomic E-state index is 15.0. The van der Waals surface area contributed by atoms with Gasteiger partial charge in [-0.15, -0.1) is 0 Å². The second-order valence-electron chi connectivity index (χ2n) is 11.1. The quantitative estimate of drug-likeness (QED) is 0.533. The fourth-order valence-corrected chi connectivity index (χ4v) is 4.97. The number of hydrogen-bond donors (Lipinski definition) is 1. The molecular formula is C28H29FN6O4. The first kappa shape index (κ1) is 26.3. The number of hydrogen-bond acceptors (Lipinski definition) is 8. The van der Waals surface area contributed by atoms with Gasteiger partial charge in [-0.1, -0.05) is 6.07 Å². The van der Waals surface area contributed by atoms with Crippen LogP contribution in [0, 0.1) is 17.1 Å². The zero-order valence-electron chi connectivity index (χ0n) is 22.2. The number of pyridine rings is 1. The predicted octanol–water partition coefficient (Wildman–Crippen LogP) is 4.19. The molecule has 5 rings (SSSR count). The van der Waals surface area contributed by atoms with Crippen LogP contribution < -0.4 is 4.90 Å². The number of nitriles is 1. The van der Waals surface area contributed by atoms with Crippen molar-refractivity contribution < 1.29 is 23.8 Å². The Balaban J connectivity index is 1.63. The standard InChI is InChI=1S/C28H29FN6O4/c1-27(2,3)39-26(37)34-15-20-24(25(34)36)21(13-19(31-20)23-17(14-30)7-5-8-18(23)29)35-12-9-22(32-35)33-11-6-10-28(4,38)16-33/h5,7-9,12-13,38H,6,10-11,15-16H2,1-4H3. The number of nitrogens with zero attached hydrogens (tertiary/aromatic N) is 6. The topological polar surface area (TPSA) is 125 Å². The summed E-state index contributed by atoms with van der Waals surface area (Å²) in [5.74, 6) is -0.655. The molecule has 0 aliphatic carbocycles. The predicted molar refractivity (Wildman–Crippen MR) is 140 cm³/mol. The molecule has 3 aromatic rings. The van der Waals surface area contributed by atoms with Crippen LogP contribution >= 0.6 is 0 Å². The summed E-state index contributed by atoms with van der Waals surface area (Å²) in [6.07, 6.45) is 2.32. The van der Waals surface area contributed by atoms with Gasteiger partial charge in [0.2, 0.25) is 0 Å². The summed E-state index contributed by atoms with van der Waals surface area (Å²) in [5.41, 5.74) is -0.804. The molecule has 11 heteroatoms. The minimum absolute atomic E-state index is 0.00771. The molecule has 0 saturated carbocycles. The van der Waals surface area contributed by atoms with Crippen LogP contribution in [-0.2, 0) is 11.3 Å². The molecule has 2 aromatic heterocycles. The maximum Gasteiger partial charge on any atom is 0.417 e. The van der Waals surface area contributed by atoms with E-state index in [9.17, 15) is 20.0 Å². The number of carbonyl (C=O) groups excluding carboxylic acids is 2. The molecule has 0 spiro atoms. The minimum atomic E-state index is -0.852. The largest absolute Gasteiger partial charge is 0.443 e. The van der Waals surface area contributed by atoms with Crippen LogP contribution in [0.5, 0.6) is 0 Å². The highest BCUT2D eigenvalue weighted by molar-refractivity contribution is 6.08. The fraction of sp³-hybridized carbons (Fsp3) is 0.393. The van der Waals surface area contributed by atoms with E-state index in [-0.39, 0.29) is 40.3 Å². The van der Waals surface area contributed by atoms with E-state index in [1.807, 2.05) is 11.0 Å². The summed E-state index contributed by atoms with van der Waals surface area (Å²) in [6, 6.07) is 9.41. The van der Waals surface area contributed by atoms with Crippen molar-refractivity contribution in [1.29, 1.82) is 5.26 Å². The van der Waals surface area contributed by atoms with Gasteiger partial charge in [0.05, 0.1) is 52.0 Å². The summed E-state index contributed by atoms with van der Waals surface area (Å²) in [5, 5.41) is 24.8. The Hall–Kier alpha value is -4.30. The first-order valence-corrected chi connectivity index (χ1v) is 12.7. The molecule has 0 radical (unpaired) electrons. The fourth-order valence-electron chi connectivity index (χ4n) is 4.97. The molecule has 1 fully saturated rings. The van der Waals surface area contributed by atoms with Gasteiger partial charge in [0, 0.05) is 25.4 Å². The molecule has 2 amide bonds. The Bertz CT molecular complexity index is 1520. The van der Waals surface area contributed by atoms with E-state index in [1.165, 1.54) is 28.9 Å². The summed E-state index contributed by atoms with van der Waals surface area (Å²) in [6.45, 7) is 7.81. The number of halogens is 1. The zero-order valence-corrected chi connectivity index (χ0v) is 22.2. The molecule has 0 bridgehead atoms. The molecule has 1 N–H and O–H groups in total. The molecule has 1 aromatic carbocycles. The van der Waals surface area contributed by atoms with E-state index in [0.717, 1.165) is 11.3 Å². The molecule has 1 saturated heterocycles. The summed E-state index contributed by atoms with van der Waals surface area (Å²) >= 11 is 0. The van der Waals surface area contributed by atoms with Crippen molar-refractivity contribution in [3.63, 3.8) is 0 Å². The number of ether oxygens (including phenoxy) is 1. The number of fused-ring (bicyclic) bond motifs is 1. The van der Waals surface area contributed by atoms with Crippen LogP contribution in [0.4, 0.5) is 15.0 Å². The molecule has 1 unspecified atom stereocenters. The first-order chi connectivity index (χ1) is 18.4. The number of carbonyl (C=O) groups is 2. The lowest BCUT2D eigenvalue weighted by Gasteiger charge is -2.36. The lowest BCUT2D eigenvalue weighted by molar-refractivity contribution is 0.0246. The third-order valence-electron chi connectivity index (χ3n) is 6.67. The number of benzene rings is 1. The third kappa shape index (κ3) is 5.07. The molecule has 10 nitrogen and oxygen atoms in total. The highest BCUT2D eigenvalue weighted by Crippen LogP contribution is 2.35. The maximum absolute atomic E-state index is 15.0. The van der Waals surface area contributed by atoms with Crippen LogP contribution in [-0.4, -0.2) is 61.1 Å². The molecule has 202 valence electrons. The Kier molecular flexibility index (Phi) is 6.39. The second-order valence-corrected chi connectivity index (χ2v) is 11.1. The number of rotatable bonds is 3. The lowest BCUT2D eigenvalue weighted by Crippen LogP contribution is -2.46. The van der Waals surface area contributed by atoms with Crippen molar-refractivity contribution >= 4 is 17.8 Å². The van der Waals surface area contributed by atoms with Crippen molar-refractivity contribution in [2.75, 3.05) is 18.0 Å². The summed E-state index contributed by atoms with van der Waals surface area (Å²) in [7, 11) is 0. The Morgan fingerprint density at radius 1 is 1.26 bits per heavy atom. The van der Waals surface area contributed by atoms with Gasteiger partial charge >= 0.3 is 6.09 Å². The van der Waals surface area contributed by atoms with Crippen LogP contribution in [0.25, 0.3) is 16.9 Å². The minimum Gasteiger partial charge on any atom is -0.443 e. The number of anilines is 1. The van der Waals surface area contributed by atoms with E-state index in [0.29, 0.717) is 25.3 Å². The molecule has 4 heterocycles. The Labute approximate surface area is 225 Å². The van der Waals surface area contributed by atoms with Gasteiger partial charge in [0.1, 0.15) is 11.4 Å². The monoisotopic (exact) mass is 532 g/mol. The Morgan fingerprint density at radius 2 is 2.03 bits per heavy atom. The third-order valence-corrected chi connectivity index (χ3v) is 6.67. The zero-order chi connectivity index (χ0) is 28.1. The van der Waals surface area contributed by atoms with Gasteiger partial charge in [-0.05, 0) is 58.7 Å². The first-order valence-electron chi connectivity index (χ1n) is 12.7. The van der Waals surface area contributed by atoms with E-state index < -0.39 is 29.0 Å². The van der Waals surface area contributed by atoms with Crippen LogP contribution in [0.3, 0.4) is 0 Å². The number of aliphatic hydroxyl groups is 1. The van der Waals surface area contributed by atoms with Gasteiger partial charge in [-0.25, -0.2) is 23.8 Å². The number of β-amino-alcohol motifs (C(OH)–C–C–N with tert-alkyl or cyclic N) is 1. The van der Waals surface area contributed by atoms with E-state index in [2.05, 4.69) is 10.1 Å². The highest BCUT2D eigenvalue weighted by atomic mass is 19.1. The van der Waals surface area contributed by atoms with Crippen molar-refractivity contribution in [2.24, 2.45) is 0 Å². The summed E-state index contributed by atoms with van der Waals surface area (Å²) < 4.78 is 21.9. The van der Waals surface area contributed by atoms with Gasteiger partial charge in [0.25, 0.3) is 5.91 Å². The van der Waals surface area contributed by atoms with Gasteiger partial charge < -0.3 is 14.7 Å². The average molecular weight is 533 g/mol. The van der Waals surface area contributed by atoms with E-state index in [4.69, 9.17) is 4.74 Å². The second kappa shape index (κ2) is 9.47. The van der Waals surface area contributed by atoms with Crippen molar-refractivity contribution in [2.45, 2.75) is 58.3 Å². The van der Waals surface area contributed by atoms with Crippen molar-refractivity contribution in [1.82, 2.24) is 19.7 Å². The van der Waals surface area contributed by atoms with Gasteiger partial charge in [0.15, 0.2) is 5.82 Å². The summed E-state index contributed by atoms with van der Waals surface area (Å²) in [4.78, 5) is 33.8. The number of piperidine rings is 1. The number of imide groups is 1. The SMILES string of the molecule is CC1(O)CCCN(c2ccn(-c3cc(-c4c(F)cccc4C#N)nc4c3C(=O)N(C(=O)OC(C)(C)C)C4)n2)C1. The highest BCUT2D eigenvalue weighted by Gasteiger charge is 2.39. The van der Waals surface area contributed by atoms with E-state index in [1.54, 1.807) is 40.0 Å². The average Bonchev–Trinajstić information content (AvgIpc) is 3.47. The van der Waals surface area contributed by atoms with Gasteiger partial charge in [-0.3, -0.25) is 4.79 Å². The van der Waals surface area contributed by atoms with Crippen LogP contribution in [0.15, 0.2) is 36.5 Å². The van der Waals surface area contributed by atoms with Crippen molar-refractivity contribution in [3.8, 4) is 23.0 Å². The van der Waals surface area contributed by atoms with E-state index >= 15 is 4.39 Å². The van der Waals surface area contributed by atoms with Gasteiger partial charge in [-0.2, -0.15) is 10.4 Å². The normalized spacial score (nSPS) is 19.2. The smallest absolute Gasteiger partial charge is 0.417 e. The van der Waals surface area contributed by atoms with Crippen LogP contribution in [0.2, 0.25) is 0 Å². The van der Waals surface area contributed by atoms with Crippen molar-refractivity contribution in [3.05, 3.63) is 59.2 Å². The number of aromatic nitrogens is 3.